The van der Waals surface area contributed by atoms with Crippen molar-refractivity contribution in [2.75, 3.05) is 11.9 Å². The summed E-state index contributed by atoms with van der Waals surface area (Å²) < 4.78 is 90.3. The summed E-state index contributed by atoms with van der Waals surface area (Å²) in [7, 11) is 0. The standard InChI is InChI=1S/C9H8F7N3O/c1-2-17-7-18-3-4(10)5(19-7)20-6(8(11,12)13)9(14,15)16/h3,6H,2H2,1H3,(H,17,18,19). The SMILES string of the molecule is CCNc1ncc(F)c(OC(C(F)(F)F)C(F)(F)F)n1. The molecule has 0 saturated carbocycles. The lowest BCUT2D eigenvalue weighted by Gasteiger charge is -2.23. The molecule has 1 rings (SSSR count). The van der Waals surface area contributed by atoms with Crippen molar-refractivity contribution in [3.63, 3.8) is 0 Å². The lowest BCUT2D eigenvalue weighted by molar-refractivity contribution is -0.300. The van der Waals surface area contributed by atoms with E-state index in [2.05, 4.69) is 20.0 Å². The Morgan fingerprint density at radius 3 is 2.20 bits per heavy atom. The third kappa shape index (κ3) is 4.10. The molecule has 0 aliphatic rings. The van der Waals surface area contributed by atoms with Gasteiger partial charge in [-0.15, -0.1) is 0 Å². The van der Waals surface area contributed by atoms with E-state index >= 15 is 0 Å². The molecule has 0 bridgehead atoms. The van der Waals surface area contributed by atoms with Gasteiger partial charge in [0.05, 0.1) is 6.20 Å². The van der Waals surface area contributed by atoms with Gasteiger partial charge in [0.1, 0.15) is 0 Å². The van der Waals surface area contributed by atoms with Crippen LogP contribution in [0.4, 0.5) is 36.7 Å². The average molecular weight is 307 g/mol. The van der Waals surface area contributed by atoms with Gasteiger partial charge in [0.15, 0.2) is 0 Å². The van der Waals surface area contributed by atoms with Crippen molar-refractivity contribution in [2.45, 2.75) is 25.4 Å². The maximum atomic E-state index is 13.1. The van der Waals surface area contributed by atoms with Gasteiger partial charge in [-0.1, -0.05) is 0 Å². The Bertz CT molecular complexity index is 446. The zero-order valence-corrected chi connectivity index (χ0v) is 9.81. The predicted octanol–water partition coefficient (Wildman–Crippen LogP) is 2.92. The number of hydrogen-bond acceptors (Lipinski definition) is 4. The van der Waals surface area contributed by atoms with Gasteiger partial charge in [-0.2, -0.15) is 35.7 Å². The van der Waals surface area contributed by atoms with Crippen LogP contribution in [0.3, 0.4) is 0 Å². The quantitative estimate of drug-likeness (QED) is 0.869. The number of alkyl halides is 6. The van der Waals surface area contributed by atoms with Gasteiger partial charge in [0.2, 0.25) is 11.8 Å². The molecule has 20 heavy (non-hydrogen) atoms. The van der Waals surface area contributed by atoms with Gasteiger partial charge < -0.3 is 10.1 Å². The fourth-order valence-electron chi connectivity index (χ4n) is 1.11. The van der Waals surface area contributed by atoms with Crippen LogP contribution in [-0.2, 0) is 0 Å². The molecule has 4 nitrogen and oxygen atoms in total. The van der Waals surface area contributed by atoms with Crippen LogP contribution in [0.5, 0.6) is 5.88 Å². The fourth-order valence-corrected chi connectivity index (χ4v) is 1.11. The Labute approximate surface area is 108 Å². The number of ether oxygens (including phenoxy) is 1. The molecule has 11 heteroatoms. The van der Waals surface area contributed by atoms with E-state index in [0.29, 0.717) is 6.20 Å². The second kappa shape index (κ2) is 5.67. The number of nitrogens with zero attached hydrogens (tertiary/aromatic N) is 2. The number of halogens is 7. The number of anilines is 1. The summed E-state index contributed by atoms with van der Waals surface area (Å²) in [6.45, 7) is 1.80. The number of hydrogen-bond donors (Lipinski definition) is 1. The highest BCUT2D eigenvalue weighted by Crippen LogP contribution is 2.36. The number of aromatic nitrogens is 2. The minimum absolute atomic E-state index is 0.229. The molecule has 1 heterocycles. The van der Waals surface area contributed by atoms with E-state index < -0.39 is 30.2 Å². The molecule has 1 aromatic heterocycles. The molecular weight excluding hydrogens is 299 g/mol. The molecule has 1 N–H and O–H groups in total. The maximum absolute atomic E-state index is 13.1. The Morgan fingerprint density at radius 2 is 1.75 bits per heavy atom. The molecule has 0 unspecified atom stereocenters. The van der Waals surface area contributed by atoms with Crippen molar-refractivity contribution in [2.24, 2.45) is 0 Å². The molecule has 0 amide bonds. The third-order valence-electron chi connectivity index (χ3n) is 1.87. The van der Waals surface area contributed by atoms with Crippen LogP contribution in [-0.4, -0.2) is 35.0 Å². The molecule has 0 aromatic carbocycles. The lowest BCUT2D eigenvalue weighted by Crippen LogP contribution is -2.46. The average Bonchev–Trinajstić information content (AvgIpc) is 2.26. The predicted molar refractivity (Wildman–Crippen MR) is 52.7 cm³/mol. The van der Waals surface area contributed by atoms with Crippen LogP contribution in [0.1, 0.15) is 6.92 Å². The van der Waals surface area contributed by atoms with Crippen molar-refractivity contribution >= 4 is 5.95 Å². The van der Waals surface area contributed by atoms with Gasteiger partial charge in [0.25, 0.3) is 12.0 Å². The maximum Gasteiger partial charge on any atom is 0.434 e. The first-order valence-electron chi connectivity index (χ1n) is 5.12. The largest absolute Gasteiger partial charge is 0.453 e. The third-order valence-corrected chi connectivity index (χ3v) is 1.87. The van der Waals surface area contributed by atoms with Gasteiger partial charge >= 0.3 is 12.4 Å². The Balaban J connectivity index is 3.08. The van der Waals surface area contributed by atoms with Crippen LogP contribution in [0.25, 0.3) is 0 Å². The minimum Gasteiger partial charge on any atom is -0.453 e. The van der Waals surface area contributed by atoms with Crippen molar-refractivity contribution in [3.8, 4) is 5.88 Å². The van der Waals surface area contributed by atoms with Crippen molar-refractivity contribution < 1.29 is 35.5 Å². The van der Waals surface area contributed by atoms with E-state index in [4.69, 9.17) is 0 Å². The van der Waals surface area contributed by atoms with E-state index in [0.717, 1.165) is 0 Å². The summed E-state index contributed by atoms with van der Waals surface area (Å²) >= 11 is 0. The van der Waals surface area contributed by atoms with E-state index in [1.54, 1.807) is 6.92 Å². The zero-order chi connectivity index (χ0) is 15.6. The van der Waals surface area contributed by atoms with E-state index in [9.17, 15) is 30.7 Å². The first kappa shape index (κ1) is 16.2. The van der Waals surface area contributed by atoms with Gasteiger partial charge in [-0.3, -0.25) is 0 Å². The summed E-state index contributed by atoms with van der Waals surface area (Å²) in [5.41, 5.74) is 0. The highest BCUT2D eigenvalue weighted by atomic mass is 19.4. The van der Waals surface area contributed by atoms with Crippen LogP contribution in [0, 0.1) is 5.82 Å². The lowest BCUT2D eigenvalue weighted by atomic mass is 10.3. The summed E-state index contributed by atoms with van der Waals surface area (Å²) in [6.07, 6.45) is -15.3. The van der Waals surface area contributed by atoms with Crippen LogP contribution >= 0.6 is 0 Å². The molecule has 114 valence electrons. The zero-order valence-electron chi connectivity index (χ0n) is 9.81. The Hall–Kier alpha value is -1.81. The molecule has 1 aromatic rings. The summed E-state index contributed by atoms with van der Waals surface area (Å²) in [5, 5.41) is 2.39. The summed E-state index contributed by atoms with van der Waals surface area (Å²) in [5.74, 6) is -3.33. The van der Waals surface area contributed by atoms with Gasteiger partial charge in [0, 0.05) is 6.54 Å². The van der Waals surface area contributed by atoms with Crippen molar-refractivity contribution in [1.82, 2.24) is 9.97 Å². The van der Waals surface area contributed by atoms with E-state index in [1.807, 2.05) is 0 Å². The Kier molecular flexibility index (Phi) is 4.61. The second-order valence-corrected chi connectivity index (χ2v) is 3.46. The van der Waals surface area contributed by atoms with Crippen LogP contribution < -0.4 is 10.1 Å². The van der Waals surface area contributed by atoms with Crippen LogP contribution in [0.2, 0.25) is 0 Å². The normalized spacial score (nSPS) is 12.7. The van der Waals surface area contributed by atoms with E-state index in [-0.39, 0.29) is 12.5 Å². The first-order chi connectivity index (χ1) is 9.05. The molecule has 0 atom stereocenters. The minimum atomic E-state index is -5.76. The molecule has 0 aliphatic heterocycles. The molecular formula is C9H8F7N3O. The Morgan fingerprint density at radius 1 is 1.20 bits per heavy atom. The number of rotatable bonds is 4. The fraction of sp³-hybridized carbons (Fsp3) is 0.556. The van der Waals surface area contributed by atoms with Crippen molar-refractivity contribution in [1.29, 1.82) is 0 Å². The van der Waals surface area contributed by atoms with Crippen LogP contribution in [0.15, 0.2) is 6.20 Å². The molecule has 0 fully saturated rings. The number of nitrogens with one attached hydrogen (secondary N) is 1. The monoisotopic (exact) mass is 307 g/mol. The molecule has 0 aliphatic carbocycles. The second-order valence-electron chi connectivity index (χ2n) is 3.46. The highest BCUT2D eigenvalue weighted by molar-refractivity contribution is 5.28. The van der Waals surface area contributed by atoms with Gasteiger partial charge in [-0.25, -0.2) is 4.98 Å². The summed E-state index contributed by atoms with van der Waals surface area (Å²) in [6, 6.07) is 0. The molecule has 0 spiro atoms. The van der Waals surface area contributed by atoms with Crippen molar-refractivity contribution in [3.05, 3.63) is 12.0 Å². The first-order valence-corrected chi connectivity index (χ1v) is 5.12. The van der Waals surface area contributed by atoms with E-state index in [1.165, 1.54) is 0 Å². The smallest absolute Gasteiger partial charge is 0.434 e. The topological polar surface area (TPSA) is 47.0 Å². The molecule has 0 radical (unpaired) electrons. The van der Waals surface area contributed by atoms with Gasteiger partial charge in [-0.05, 0) is 6.92 Å². The highest BCUT2D eigenvalue weighted by Gasteiger charge is 2.59. The summed E-state index contributed by atoms with van der Waals surface area (Å²) in [4.78, 5) is 6.43. The molecule has 0 saturated heterocycles.